The number of hydrogen-bond acceptors (Lipinski definition) is 2. The third-order valence-corrected chi connectivity index (χ3v) is 15.1. The molecule has 0 spiro atoms. The van der Waals surface area contributed by atoms with E-state index in [4.69, 9.17) is 0 Å². The predicted molar refractivity (Wildman–Crippen MR) is 285 cm³/mol. The molecule has 0 unspecified atom stereocenters. The number of fused-ring (bicyclic) bond motifs is 7. The highest BCUT2D eigenvalue weighted by molar-refractivity contribution is 7.25. The number of hydrogen-bond donors (Lipinski definition) is 0. The Balaban J connectivity index is 0.926. The van der Waals surface area contributed by atoms with Crippen LogP contribution in [-0.4, -0.2) is 0 Å². The van der Waals surface area contributed by atoms with Gasteiger partial charge in [-0.05, 0) is 121 Å². The van der Waals surface area contributed by atoms with Gasteiger partial charge < -0.3 is 4.90 Å². The van der Waals surface area contributed by atoms with Gasteiger partial charge >= 0.3 is 0 Å². The van der Waals surface area contributed by atoms with Gasteiger partial charge in [0.2, 0.25) is 0 Å². The Bertz CT molecular complexity index is 3750. The molecule has 67 heavy (non-hydrogen) atoms. The molecule has 0 saturated carbocycles. The van der Waals surface area contributed by atoms with Gasteiger partial charge in [0.1, 0.15) is 0 Å². The highest BCUT2D eigenvalue weighted by atomic mass is 32.1. The molecule has 2 heteroatoms. The SMILES string of the molecule is c1ccc(C2(c3ccccc3)c3ccccc3-c3c(N(c4ccc(-c5ccc(-c6cccc(-c7ccc8ccccc8c7)c6)cc5)cc4)c4ccc5c(c4)sc4ccccc45)cccc32)cc1. The van der Waals surface area contributed by atoms with Crippen LogP contribution in [0.25, 0.3) is 75.5 Å². The van der Waals surface area contributed by atoms with Gasteiger partial charge in [0.25, 0.3) is 0 Å². The van der Waals surface area contributed by atoms with Gasteiger partial charge in [0.15, 0.2) is 0 Å². The van der Waals surface area contributed by atoms with Gasteiger partial charge in [0, 0.05) is 37.1 Å². The van der Waals surface area contributed by atoms with E-state index in [2.05, 4.69) is 266 Å². The highest BCUT2D eigenvalue weighted by Gasteiger charge is 2.47. The fraction of sp³-hybridized carbons (Fsp3) is 0.0154. The number of nitrogens with zero attached hydrogens (tertiary/aromatic N) is 1. The van der Waals surface area contributed by atoms with Crippen molar-refractivity contribution in [2.24, 2.45) is 0 Å². The van der Waals surface area contributed by atoms with Crippen LogP contribution in [0.3, 0.4) is 0 Å². The van der Waals surface area contributed by atoms with Crippen molar-refractivity contribution in [3.8, 4) is 44.5 Å². The van der Waals surface area contributed by atoms with E-state index in [0.29, 0.717) is 0 Å². The van der Waals surface area contributed by atoms with Crippen molar-refractivity contribution in [3.05, 3.63) is 283 Å². The molecule has 11 aromatic carbocycles. The largest absolute Gasteiger partial charge is 0.310 e. The minimum atomic E-state index is -0.501. The Kier molecular flexibility index (Phi) is 9.33. The van der Waals surface area contributed by atoms with Crippen molar-refractivity contribution in [3.63, 3.8) is 0 Å². The zero-order valence-corrected chi connectivity index (χ0v) is 37.5. The van der Waals surface area contributed by atoms with Crippen LogP contribution in [-0.2, 0) is 5.41 Å². The van der Waals surface area contributed by atoms with E-state index in [9.17, 15) is 0 Å². The summed E-state index contributed by atoms with van der Waals surface area (Å²) in [6, 6.07) is 96.3. The summed E-state index contributed by atoms with van der Waals surface area (Å²) >= 11 is 1.86. The number of thiophene rings is 1. The van der Waals surface area contributed by atoms with Crippen molar-refractivity contribution >= 4 is 59.3 Å². The summed E-state index contributed by atoms with van der Waals surface area (Å²) in [5.41, 5.74) is 17.7. The van der Waals surface area contributed by atoms with Gasteiger partial charge in [-0.3, -0.25) is 0 Å². The lowest BCUT2D eigenvalue weighted by atomic mass is 9.68. The minimum Gasteiger partial charge on any atom is -0.310 e. The molecule has 1 nitrogen and oxygen atoms in total. The quantitative estimate of drug-likeness (QED) is 0.147. The van der Waals surface area contributed by atoms with Crippen molar-refractivity contribution in [2.45, 2.75) is 5.41 Å². The van der Waals surface area contributed by atoms with E-state index < -0.39 is 5.41 Å². The average molecular weight is 870 g/mol. The van der Waals surface area contributed by atoms with Crippen LogP contribution < -0.4 is 4.90 Å². The van der Waals surface area contributed by atoms with Crippen LogP contribution in [0.1, 0.15) is 22.3 Å². The van der Waals surface area contributed by atoms with E-state index in [1.165, 1.54) is 97.7 Å². The monoisotopic (exact) mass is 869 g/mol. The van der Waals surface area contributed by atoms with Crippen molar-refractivity contribution in [1.29, 1.82) is 0 Å². The molecule has 0 aliphatic heterocycles. The zero-order valence-electron chi connectivity index (χ0n) is 36.7. The molecule has 0 radical (unpaired) electrons. The highest BCUT2D eigenvalue weighted by Crippen LogP contribution is 2.59. The van der Waals surface area contributed by atoms with Crippen LogP contribution in [0.15, 0.2) is 261 Å². The maximum atomic E-state index is 2.49. The molecule has 13 rings (SSSR count). The Hall–Kier alpha value is -8.30. The molecule has 0 atom stereocenters. The summed E-state index contributed by atoms with van der Waals surface area (Å²) in [6.45, 7) is 0. The molecule has 1 aliphatic rings. The predicted octanol–water partition coefficient (Wildman–Crippen LogP) is 18.0. The topological polar surface area (TPSA) is 3.24 Å². The second-order valence-corrected chi connectivity index (χ2v) is 18.7. The number of rotatable bonds is 8. The average Bonchev–Trinajstić information content (AvgIpc) is 3.93. The van der Waals surface area contributed by atoms with Gasteiger partial charge in [-0.1, -0.05) is 212 Å². The van der Waals surface area contributed by atoms with E-state index in [1.54, 1.807) is 0 Å². The normalized spacial score (nSPS) is 12.6. The number of benzene rings is 11. The lowest BCUT2D eigenvalue weighted by molar-refractivity contribution is 0.768. The first-order chi connectivity index (χ1) is 33.2. The van der Waals surface area contributed by atoms with Gasteiger partial charge in [-0.2, -0.15) is 0 Å². The third-order valence-electron chi connectivity index (χ3n) is 13.9. The maximum Gasteiger partial charge on any atom is 0.0714 e. The van der Waals surface area contributed by atoms with Gasteiger partial charge in [-0.15, -0.1) is 11.3 Å². The van der Waals surface area contributed by atoms with E-state index in [-0.39, 0.29) is 0 Å². The summed E-state index contributed by atoms with van der Waals surface area (Å²) in [6.07, 6.45) is 0. The van der Waals surface area contributed by atoms with Crippen LogP contribution >= 0.6 is 11.3 Å². The van der Waals surface area contributed by atoms with E-state index in [1.807, 2.05) is 11.3 Å². The molecule has 0 saturated heterocycles. The molecule has 1 aliphatic carbocycles. The van der Waals surface area contributed by atoms with Gasteiger partial charge in [0.05, 0.1) is 11.1 Å². The molecule has 0 bridgehead atoms. The second-order valence-electron chi connectivity index (χ2n) is 17.6. The van der Waals surface area contributed by atoms with Crippen LogP contribution in [0, 0.1) is 0 Å². The summed E-state index contributed by atoms with van der Waals surface area (Å²) < 4.78 is 2.58. The molecule has 1 aromatic heterocycles. The summed E-state index contributed by atoms with van der Waals surface area (Å²) in [7, 11) is 0. The lowest BCUT2D eigenvalue weighted by Gasteiger charge is -2.34. The van der Waals surface area contributed by atoms with E-state index >= 15 is 0 Å². The van der Waals surface area contributed by atoms with Crippen LogP contribution in [0.5, 0.6) is 0 Å². The standard InChI is InChI=1S/C65H43NS/c1-3-19-52(20-4-1)65(53-21-5-2-6-22-53)59-25-11-9-24-58(59)64-60(65)26-14-27-61(64)66(55-39-40-57-56-23-10-12-28-62(56)67-63(57)43-55)54-37-35-46(36-38-54)45-29-31-47(32-30-45)49-17-13-18-50(41-49)51-34-33-44-15-7-8-16-48(44)42-51/h1-43H. The fourth-order valence-corrected chi connectivity index (χ4v) is 12.0. The zero-order chi connectivity index (χ0) is 44.3. The first-order valence-electron chi connectivity index (χ1n) is 23.1. The first kappa shape index (κ1) is 39.1. The second kappa shape index (κ2) is 16.0. The minimum absolute atomic E-state index is 0.501. The smallest absolute Gasteiger partial charge is 0.0714 e. The molecule has 12 aromatic rings. The first-order valence-corrected chi connectivity index (χ1v) is 23.9. The Morgan fingerprint density at radius 1 is 0.313 bits per heavy atom. The maximum absolute atomic E-state index is 2.49. The molecular formula is C65H43NS. The summed E-state index contributed by atoms with van der Waals surface area (Å²) in [5, 5.41) is 5.11. The molecule has 0 amide bonds. The Morgan fingerprint density at radius 3 is 1.61 bits per heavy atom. The third kappa shape index (κ3) is 6.44. The van der Waals surface area contributed by atoms with Crippen molar-refractivity contribution in [2.75, 3.05) is 4.90 Å². The van der Waals surface area contributed by atoms with Gasteiger partial charge in [-0.25, -0.2) is 0 Å². The molecule has 1 heterocycles. The van der Waals surface area contributed by atoms with E-state index in [0.717, 1.165) is 17.1 Å². The Labute approximate surface area is 395 Å². The molecule has 0 fully saturated rings. The van der Waals surface area contributed by atoms with Crippen molar-refractivity contribution in [1.82, 2.24) is 0 Å². The lowest BCUT2D eigenvalue weighted by Crippen LogP contribution is -2.28. The van der Waals surface area contributed by atoms with Crippen LogP contribution in [0.2, 0.25) is 0 Å². The Morgan fingerprint density at radius 2 is 0.851 bits per heavy atom. The molecule has 0 N–H and O–H groups in total. The summed E-state index contributed by atoms with van der Waals surface area (Å²) in [4.78, 5) is 2.49. The van der Waals surface area contributed by atoms with Crippen molar-refractivity contribution < 1.29 is 0 Å². The van der Waals surface area contributed by atoms with Crippen LogP contribution in [0.4, 0.5) is 17.1 Å². The summed E-state index contributed by atoms with van der Waals surface area (Å²) in [5.74, 6) is 0. The molecular weight excluding hydrogens is 827 g/mol. The molecule has 314 valence electrons. The fourth-order valence-electron chi connectivity index (χ4n) is 10.8. The number of anilines is 3.